The summed E-state index contributed by atoms with van der Waals surface area (Å²) < 4.78 is 20.9. The molecule has 0 fully saturated rings. The minimum atomic E-state index is -0.528. The molecule has 0 radical (unpaired) electrons. The van der Waals surface area contributed by atoms with Crippen LogP contribution in [0.25, 0.3) is 10.9 Å². The molecule has 3 aromatic heterocycles. The number of rotatable bonds is 9. The number of aromatic amines is 1. The van der Waals surface area contributed by atoms with Crippen molar-refractivity contribution in [1.82, 2.24) is 29.8 Å². The predicted molar refractivity (Wildman–Crippen MR) is 114 cm³/mol. The first-order valence-corrected chi connectivity index (χ1v) is 10.1. The number of hydrogen-bond acceptors (Lipinski definition) is 6. The molecule has 4 rings (SSSR count). The molecule has 0 bridgehead atoms. The number of nitrogens with one attached hydrogen (secondary N) is 2. The Morgan fingerprint density at radius 3 is 2.97 bits per heavy atom. The maximum absolute atomic E-state index is 13.3. The molecule has 0 amide bonds. The maximum atomic E-state index is 13.3. The molecule has 8 nitrogen and oxygen atoms in total. The van der Waals surface area contributed by atoms with E-state index in [9.17, 15) is 9.18 Å². The zero-order valence-corrected chi connectivity index (χ0v) is 17.3. The minimum absolute atomic E-state index is 0.000189. The Kier molecular flexibility index (Phi) is 6.54. The van der Waals surface area contributed by atoms with Crippen molar-refractivity contribution in [3.63, 3.8) is 0 Å². The molecule has 0 aliphatic carbocycles. The number of nitrogens with zero attached hydrogens (tertiary/aromatic N) is 4. The van der Waals surface area contributed by atoms with Gasteiger partial charge in [0.25, 0.3) is 5.56 Å². The Morgan fingerprint density at radius 1 is 1.26 bits per heavy atom. The molecular weight excluding hydrogens is 423 g/mol. The van der Waals surface area contributed by atoms with E-state index in [0.29, 0.717) is 34.7 Å². The van der Waals surface area contributed by atoms with E-state index in [1.807, 2.05) is 10.8 Å². The van der Waals surface area contributed by atoms with E-state index in [4.69, 9.17) is 16.3 Å². The van der Waals surface area contributed by atoms with E-state index >= 15 is 0 Å². The van der Waals surface area contributed by atoms with Crippen LogP contribution in [0.15, 0.2) is 54.0 Å². The fourth-order valence-corrected chi connectivity index (χ4v) is 3.27. The average molecular weight is 443 g/mol. The Morgan fingerprint density at radius 2 is 2.16 bits per heavy atom. The summed E-state index contributed by atoms with van der Waals surface area (Å²) in [6, 6.07) is 5.68. The molecule has 10 heteroatoms. The Hall–Kier alpha value is -3.30. The van der Waals surface area contributed by atoms with Crippen LogP contribution in [0, 0.1) is 5.82 Å². The SMILES string of the molecule is O=c1[nH]c(COc2ccc(F)c(Cl)c2)nc2c(CNCCCn3ccnc3)nccc12. The molecule has 0 aliphatic rings. The van der Waals surface area contributed by atoms with Gasteiger partial charge in [0, 0.05) is 37.7 Å². The van der Waals surface area contributed by atoms with Crippen LogP contribution >= 0.6 is 11.6 Å². The summed E-state index contributed by atoms with van der Waals surface area (Å²) in [5, 5.41) is 3.75. The Bertz CT molecular complexity index is 1230. The zero-order valence-electron chi connectivity index (χ0n) is 16.5. The number of H-pyrrole nitrogens is 1. The van der Waals surface area contributed by atoms with Gasteiger partial charge < -0.3 is 19.6 Å². The van der Waals surface area contributed by atoms with Crippen LogP contribution in [0.1, 0.15) is 17.9 Å². The number of halogens is 2. The zero-order chi connectivity index (χ0) is 21.6. The second-order valence-electron chi connectivity index (χ2n) is 6.86. The fraction of sp³-hybridized carbons (Fsp3) is 0.238. The minimum Gasteiger partial charge on any atom is -0.486 e. The van der Waals surface area contributed by atoms with E-state index in [-0.39, 0.29) is 17.2 Å². The number of aromatic nitrogens is 5. The van der Waals surface area contributed by atoms with Gasteiger partial charge in [0.15, 0.2) is 0 Å². The van der Waals surface area contributed by atoms with Gasteiger partial charge in [-0.25, -0.2) is 14.4 Å². The summed E-state index contributed by atoms with van der Waals surface area (Å²) in [6.07, 6.45) is 7.98. The van der Waals surface area contributed by atoms with Crippen molar-refractivity contribution in [3.8, 4) is 5.75 Å². The van der Waals surface area contributed by atoms with Gasteiger partial charge in [0.05, 0.1) is 22.4 Å². The van der Waals surface area contributed by atoms with Crippen LogP contribution in [0.5, 0.6) is 5.75 Å². The van der Waals surface area contributed by atoms with E-state index in [1.165, 1.54) is 18.2 Å². The number of pyridine rings is 1. The summed E-state index contributed by atoms with van der Waals surface area (Å²) in [5.41, 5.74) is 0.922. The summed E-state index contributed by atoms with van der Waals surface area (Å²) in [5.74, 6) is 0.187. The number of imidazole rings is 1. The second kappa shape index (κ2) is 9.67. The van der Waals surface area contributed by atoms with Crippen LogP contribution in [0.4, 0.5) is 4.39 Å². The molecule has 3 heterocycles. The molecule has 2 N–H and O–H groups in total. The lowest BCUT2D eigenvalue weighted by Gasteiger charge is -2.10. The average Bonchev–Trinajstić information content (AvgIpc) is 3.28. The van der Waals surface area contributed by atoms with E-state index in [0.717, 1.165) is 19.5 Å². The lowest BCUT2D eigenvalue weighted by molar-refractivity contribution is 0.295. The van der Waals surface area contributed by atoms with Gasteiger partial charge in [-0.15, -0.1) is 0 Å². The van der Waals surface area contributed by atoms with Gasteiger partial charge in [-0.1, -0.05) is 11.6 Å². The lowest BCUT2D eigenvalue weighted by atomic mass is 10.2. The van der Waals surface area contributed by atoms with Crippen molar-refractivity contribution in [2.24, 2.45) is 0 Å². The number of benzene rings is 1. The molecule has 0 saturated carbocycles. The topological polar surface area (TPSA) is 97.7 Å². The van der Waals surface area contributed by atoms with Gasteiger partial charge in [0.1, 0.15) is 29.5 Å². The molecule has 4 aromatic rings. The van der Waals surface area contributed by atoms with Crippen molar-refractivity contribution in [2.45, 2.75) is 26.1 Å². The molecule has 0 aliphatic heterocycles. The standard InChI is InChI=1S/C21H20ClFN6O2/c22-16-10-14(2-3-17(16)23)31-12-19-27-20-15(21(30)28-19)4-6-26-18(20)11-24-5-1-8-29-9-7-25-13-29/h2-4,6-7,9-10,13,24H,1,5,8,11-12H2,(H,27,28,30). The summed E-state index contributed by atoms with van der Waals surface area (Å²) in [4.78, 5) is 28.1. The van der Waals surface area contributed by atoms with Crippen molar-refractivity contribution >= 4 is 22.5 Å². The molecule has 31 heavy (non-hydrogen) atoms. The number of fused-ring (bicyclic) bond motifs is 1. The maximum Gasteiger partial charge on any atom is 0.258 e. The number of ether oxygens (including phenoxy) is 1. The predicted octanol–water partition coefficient (Wildman–Crippen LogP) is 3.07. The lowest BCUT2D eigenvalue weighted by Crippen LogP contribution is -2.19. The van der Waals surface area contributed by atoms with E-state index in [1.54, 1.807) is 24.8 Å². The second-order valence-corrected chi connectivity index (χ2v) is 7.27. The molecule has 1 aromatic carbocycles. The van der Waals surface area contributed by atoms with Gasteiger partial charge in [-0.3, -0.25) is 9.78 Å². The monoisotopic (exact) mass is 442 g/mol. The third-order valence-electron chi connectivity index (χ3n) is 4.64. The van der Waals surface area contributed by atoms with Gasteiger partial charge in [-0.2, -0.15) is 0 Å². The van der Waals surface area contributed by atoms with Crippen molar-refractivity contribution in [1.29, 1.82) is 0 Å². The van der Waals surface area contributed by atoms with E-state index in [2.05, 4.69) is 25.3 Å². The summed E-state index contributed by atoms with van der Waals surface area (Å²) in [6.45, 7) is 2.12. The molecule has 0 spiro atoms. The third-order valence-corrected chi connectivity index (χ3v) is 4.93. The van der Waals surface area contributed by atoms with Gasteiger partial charge >= 0.3 is 0 Å². The molecule has 0 saturated heterocycles. The number of aryl methyl sites for hydroxylation is 1. The van der Waals surface area contributed by atoms with Crippen LogP contribution in [0.3, 0.4) is 0 Å². The highest BCUT2D eigenvalue weighted by Crippen LogP contribution is 2.21. The number of hydrogen-bond donors (Lipinski definition) is 2. The van der Waals surface area contributed by atoms with Crippen LogP contribution in [-0.4, -0.2) is 31.0 Å². The largest absolute Gasteiger partial charge is 0.486 e. The Labute approximate surface area is 182 Å². The highest BCUT2D eigenvalue weighted by atomic mass is 35.5. The molecule has 0 unspecified atom stereocenters. The third kappa shape index (κ3) is 5.25. The van der Waals surface area contributed by atoms with Crippen LogP contribution in [0.2, 0.25) is 5.02 Å². The Balaban J connectivity index is 1.43. The highest BCUT2D eigenvalue weighted by molar-refractivity contribution is 6.30. The van der Waals surface area contributed by atoms with Crippen LogP contribution < -0.4 is 15.6 Å². The highest BCUT2D eigenvalue weighted by Gasteiger charge is 2.10. The normalized spacial score (nSPS) is 11.2. The van der Waals surface area contributed by atoms with E-state index < -0.39 is 5.82 Å². The first kappa shape index (κ1) is 21.0. The van der Waals surface area contributed by atoms with Crippen molar-refractivity contribution < 1.29 is 9.13 Å². The molecule has 0 atom stereocenters. The van der Waals surface area contributed by atoms with Crippen molar-refractivity contribution in [3.05, 3.63) is 81.9 Å². The quantitative estimate of drug-likeness (QED) is 0.387. The van der Waals surface area contributed by atoms with Crippen LogP contribution in [-0.2, 0) is 19.7 Å². The van der Waals surface area contributed by atoms with Gasteiger partial charge in [0.2, 0.25) is 0 Å². The molecular formula is C21H20ClFN6O2. The van der Waals surface area contributed by atoms with Gasteiger partial charge in [-0.05, 0) is 31.2 Å². The first-order valence-electron chi connectivity index (χ1n) is 9.71. The fourth-order valence-electron chi connectivity index (χ4n) is 3.10. The molecule has 160 valence electrons. The summed E-state index contributed by atoms with van der Waals surface area (Å²) >= 11 is 5.77. The van der Waals surface area contributed by atoms with Crippen molar-refractivity contribution in [2.75, 3.05) is 6.54 Å². The first-order chi connectivity index (χ1) is 15.1. The summed E-state index contributed by atoms with van der Waals surface area (Å²) in [7, 11) is 0. The smallest absolute Gasteiger partial charge is 0.258 e.